The van der Waals surface area contributed by atoms with Crippen molar-refractivity contribution < 1.29 is 0 Å². The zero-order valence-corrected chi connectivity index (χ0v) is 35.3. The van der Waals surface area contributed by atoms with Gasteiger partial charge in [0.05, 0.1) is 16.5 Å². The van der Waals surface area contributed by atoms with E-state index in [1.807, 2.05) is 0 Å². The third-order valence-electron chi connectivity index (χ3n) is 14.5. The van der Waals surface area contributed by atoms with Crippen LogP contribution in [0.5, 0.6) is 0 Å². The molecule has 0 saturated heterocycles. The Hall–Kier alpha value is -8.00. The second kappa shape index (κ2) is 14.3. The lowest BCUT2D eigenvalue weighted by atomic mass is 9.66. The van der Waals surface area contributed by atoms with Crippen LogP contribution in [-0.2, 0) is 17.3 Å². The quantitative estimate of drug-likeness (QED) is 0.155. The maximum Gasteiger partial charge on any atom is 0.0714 e. The zero-order valence-electron chi connectivity index (χ0n) is 35.3. The van der Waals surface area contributed by atoms with E-state index >= 15 is 0 Å². The van der Waals surface area contributed by atoms with Crippen LogP contribution in [0.4, 0.5) is 17.1 Å². The summed E-state index contributed by atoms with van der Waals surface area (Å²) in [5, 5.41) is 0. The number of hydrogen-bond acceptors (Lipinski definition) is 1. The molecule has 13 rings (SSSR count). The fourth-order valence-corrected chi connectivity index (χ4v) is 11.9. The molecule has 0 saturated carbocycles. The minimum absolute atomic E-state index is 0.510. The van der Waals surface area contributed by atoms with Gasteiger partial charge in [0, 0.05) is 17.8 Å². The van der Waals surface area contributed by atoms with E-state index in [9.17, 15) is 0 Å². The fourth-order valence-electron chi connectivity index (χ4n) is 11.9. The molecule has 1 heteroatoms. The highest BCUT2D eigenvalue weighted by Gasteiger charge is 2.51. The van der Waals surface area contributed by atoms with Gasteiger partial charge in [0.2, 0.25) is 0 Å². The van der Waals surface area contributed by atoms with Crippen LogP contribution in [0.2, 0.25) is 0 Å². The number of anilines is 3. The van der Waals surface area contributed by atoms with Crippen LogP contribution in [0.25, 0.3) is 33.4 Å². The minimum Gasteiger partial charge on any atom is -0.310 e. The summed E-state index contributed by atoms with van der Waals surface area (Å²) in [6, 6.07) is 93.1. The Kier molecular flexibility index (Phi) is 8.17. The summed E-state index contributed by atoms with van der Waals surface area (Å²) >= 11 is 0. The SMILES string of the molecule is c1ccc(N(c2ccc3c(c2)C(c2ccccc2)(c2ccccc2)c2cc4c(cc2-3)C(c2ccccc2)(c2ccccc2)c2ccccc2-4)c2cccc3c2Cc2ccccc2-3)cc1. The highest BCUT2D eigenvalue weighted by molar-refractivity contribution is 5.96. The summed E-state index contributed by atoms with van der Waals surface area (Å²) in [6.07, 6.45) is 0.900. The first-order chi connectivity index (χ1) is 31.8. The van der Waals surface area contributed by atoms with Gasteiger partial charge in [-0.3, -0.25) is 0 Å². The molecule has 64 heavy (non-hydrogen) atoms. The smallest absolute Gasteiger partial charge is 0.0714 e. The Balaban J connectivity index is 1.13. The third kappa shape index (κ3) is 5.07. The first kappa shape index (κ1) is 36.6. The van der Waals surface area contributed by atoms with Crippen molar-refractivity contribution in [3.05, 3.63) is 304 Å². The van der Waals surface area contributed by atoms with Gasteiger partial charge in [0.25, 0.3) is 0 Å². The van der Waals surface area contributed by atoms with Crippen molar-refractivity contribution in [3.63, 3.8) is 0 Å². The molecule has 1 nitrogen and oxygen atoms in total. The monoisotopic (exact) mass is 813 g/mol. The Morgan fingerprint density at radius 3 is 1.30 bits per heavy atom. The summed E-state index contributed by atoms with van der Waals surface area (Å²) in [7, 11) is 0. The first-order valence-corrected chi connectivity index (χ1v) is 22.5. The number of nitrogens with zero attached hydrogens (tertiary/aromatic N) is 1. The van der Waals surface area contributed by atoms with Crippen molar-refractivity contribution >= 4 is 17.1 Å². The van der Waals surface area contributed by atoms with Crippen LogP contribution < -0.4 is 4.90 Å². The molecule has 0 spiro atoms. The Bertz CT molecular complexity index is 3310. The second-order valence-electron chi connectivity index (χ2n) is 17.5. The Morgan fingerprint density at radius 1 is 0.281 bits per heavy atom. The maximum absolute atomic E-state index is 2.58. The van der Waals surface area contributed by atoms with Crippen molar-refractivity contribution in [1.82, 2.24) is 0 Å². The molecule has 0 N–H and O–H groups in total. The normalized spacial score (nSPS) is 14.1. The van der Waals surface area contributed by atoms with E-state index < -0.39 is 10.8 Å². The molecular formula is C63H43N. The third-order valence-corrected chi connectivity index (χ3v) is 14.5. The van der Waals surface area contributed by atoms with E-state index in [1.54, 1.807) is 0 Å². The number of rotatable bonds is 7. The molecule has 300 valence electrons. The summed E-state index contributed by atoms with van der Waals surface area (Å²) in [6.45, 7) is 0. The molecule has 3 aliphatic carbocycles. The molecule has 0 bridgehead atoms. The molecule has 0 aliphatic heterocycles. The van der Waals surface area contributed by atoms with Gasteiger partial charge in [-0.25, -0.2) is 0 Å². The van der Waals surface area contributed by atoms with E-state index in [1.165, 1.54) is 94.7 Å². The lowest BCUT2D eigenvalue weighted by Crippen LogP contribution is -2.30. The van der Waals surface area contributed by atoms with Crippen LogP contribution in [0, 0.1) is 0 Å². The van der Waals surface area contributed by atoms with Crippen molar-refractivity contribution in [2.75, 3.05) is 4.90 Å². The molecule has 3 aliphatic rings. The van der Waals surface area contributed by atoms with Gasteiger partial charge in [0.1, 0.15) is 0 Å². The second-order valence-corrected chi connectivity index (χ2v) is 17.5. The molecule has 0 aromatic heterocycles. The van der Waals surface area contributed by atoms with Crippen LogP contribution in [0.1, 0.15) is 55.6 Å². The van der Waals surface area contributed by atoms with Crippen LogP contribution in [0.3, 0.4) is 0 Å². The van der Waals surface area contributed by atoms with Crippen molar-refractivity contribution in [3.8, 4) is 33.4 Å². The predicted molar refractivity (Wildman–Crippen MR) is 264 cm³/mol. The zero-order chi connectivity index (χ0) is 42.2. The van der Waals surface area contributed by atoms with Gasteiger partial charge in [-0.2, -0.15) is 0 Å². The summed E-state index contributed by atoms with van der Waals surface area (Å²) in [5.74, 6) is 0. The van der Waals surface area contributed by atoms with Gasteiger partial charge in [-0.15, -0.1) is 0 Å². The standard InChI is InChI=1S/C63H43N/c1-6-22-44(23-7-1)62(45-24-8-2-9-25-45)57-35-19-18-33-52(57)54-41-60-55(42-59(54)62)53-38-37-49(40-58(53)63(60,46-26-10-3-11-27-46)47-28-12-4-13-29-47)64(48-30-14-5-15-31-48)61-36-20-34-51-50-32-17-16-21-43(50)39-56(51)61/h1-38,40-42H,39H2. The van der Waals surface area contributed by atoms with Crippen molar-refractivity contribution in [1.29, 1.82) is 0 Å². The molecule has 10 aromatic carbocycles. The molecule has 0 radical (unpaired) electrons. The van der Waals surface area contributed by atoms with E-state index in [0.29, 0.717) is 0 Å². The molecule has 0 fully saturated rings. The lowest BCUT2D eigenvalue weighted by Gasteiger charge is -2.36. The minimum atomic E-state index is -0.616. The average Bonchev–Trinajstić information content (AvgIpc) is 4.00. The van der Waals surface area contributed by atoms with Crippen LogP contribution in [0.15, 0.2) is 249 Å². The summed E-state index contributed by atoms with van der Waals surface area (Å²) < 4.78 is 0. The van der Waals surface area contributed by atoms with E-state index in [2.05, 4.69) is 254 Å². The van der Waals surface area contributed by atoms with E-state index in [0.717, 1.165) is 17.8 Å². The molecule has 0 amide bonds. The van der Waals surface area contributed by atoms with Gasteiger partial charge >= 0.3 is 0 Å². The van der Waals surface area contributed by atoms with Crippen molar-refractivity contribution in [2.24, 2.45) is 0 Å². The topological polar surface area (TPSA) is 3.24 Å². The van der Waals surface area contributed by atoms with Crippen LogP contribution in [-0.4, -0.2) is 0 Å². The van der Waals surface area contributed by atoms with Gasteiger partial charge in [-0.05, 0) is 131 Å². The molecular weight excluding hydrogens is 771 g/mol. The van der Waals surface area contributed by atoms with E-state index in [4.69, 9.17) is 0 Å². The largest absolute Gasteiger partial charge is 0.310 e. The molecule has 0 heterocycles. The van der Waals surface area contributed by atoms with Gasteiger partial charge in [0.15, 0.2) is 0 Å². The molecule has 0 atom stereocenters. The fraction of sp³-hybridized carbons (Fsp3) is 0.0476. The number of para-hydroxylation sites is 1. The summed E-state index contributed by atoms with van der Waals surface area (Å²) in [5.41, 5.74) is 23.2. The maximum atomic E-state index is 2.58. The van der Waals surface area contributed by atoms with Gasteiger partial charge in [-0.1, -0.05) is 206 Å². The molecule has 0 unspecified atom stereocenters. The lowest BCUT2D eigenvalue weighted by molar-refractivity contribution is 0.759. The van der Waals surface area contributed by atoms with Crippen LogP contribution >= 0.6 is 0 Å². The first-order valence-electron chi connectivity index (χ1n) is 22.5. The Labute approximate surface area is 375 Å². The summed E-state index contributed by atoms with van der Waals surface area (Å²) in [4.78, 5) is 2.50. The number of hydrogen-bond donors (Lipinski definition) is 0. The predicted octanol–water partition coefficient (Wildman–Crippen LogP) is 15.5. The highest BCUT2D eigenvalue weighted by Crippen LogP contribution is 2.63. The molecule has 10 aromatic rings. The average molecular weight is 814 g/mol. The van der Waals surface area contributed by atoms with Gasteiger partial charge < -0.3 is 4.90 Å². The van der Waals surface area contributed by atoms with E-state index in [-0.39, 0.29) is 0 Å². The highest BCUT2D eigenvalue weighted by atomic mass is 15.1. The number of benzene rings is 10. The number of fused-ring (bicyclic) bond motifs is 9. The Morgan fingerprint density at radius 2 is 0.719 bits per heavy atom. The van der Waals surface area contributed by atoms with Crippen molar-refractivity contribution in [2.45, 2.75) is 17.3 Å².